The van der Waals surface area contributed by atoms with E-state index in [1.165, 1.54) is 6.07 Å². The van der Waals surface area contributed by atoms with Crippen LogP contribution in [0.5, 0.6) is 0 Å². The zero-order valence-corrected chi connectivity index (χ0v) is 7.58. The molecule has 2 rings (SSSR count). The van der Waals surface area contributed by atoms with Gasteiger partial charge in [-0.25, -0.2) is 4.79 Å². The van der Waals surface area contributed by atoms with Gasteiger partial charge >= 0.3 is 11.9 Å². The van der Waals surface area contributed by atoms with Crippen LogP contribution in [0.2, 0.25) is 0 Å². The van der Waals surface area contributed by atoms with E-state index in [9.17, 15) is 18.0 Å². The second-order valence-corrected chi connectivity index (χ2v) is 2.87. The number of pyridine rings is 1. The van der Waals surface area contributed by atoms with Crippen LogP contribution < -0.4 is 5.76 Å². The van der Waals surface area contributed by atoms with Gasteiger partial charge < -0.3 is 0 Å². The standard InChI is InChI=1S/C8H4F3N3O2/c9-8(10,11)5-3-4(1-2-12-5)6-13-7(15)16-14-6/h1-3H,(H,13,14,15). The Hall–Kier alpha value is -2.12. The molecule has 2 aromatic rings. The fourth-order valence-electron chi connectivity index (χ4n) is 1.09. The molecule has 0 unspecified atom stereocenters. The van der Waals surface area contributed by atoms with Gasteiger partial charge in [-0.2, -0.15) is 13.2 Å². The Morgan fingerprint density at radius 2 is 2.12 bits per heavy atom. The van der Waals surface area contributed by atoms with Gasteiger partial charge in [0.1, 0.15) is 5.69 Å². The van der Waals surface area contributed by atoms with Crippen molar-refractivity contribution in [2.24, 2.45) is 0 Å². The van der Waals surface area contributed by atoms with Crippen LogP contribution in [-0.2, 0) is 6.18 Å². The summed E-state index contributed by atoms with van der Waals surface area (Å²) in [7, 11) is 0. The first-order valence-corrected chi connectivity index (χ1v) is 4.06. The summed E-state index contributed by atoms with van der Waals surface area (Å²) in [6, 6.07) is 2.05. The smallest absolute Gasteiger partial charge is 0.296 e. The van der Waals surface area contributed by atoms with E-state index < -0.39 is 17.6 Å². The van der Waals surface area contributed by atoms with Gasteiger partial charge in [-0.05, 0) is 12.1 Å². The average Bonchev–Trinajstić information content (AvgIpc) is 2.64. The molecule has 2 aromatic heterocycles. The summed E-state index contributed by atoms with van der Waals surface area (Å²) < 4.78 is 41.1. The van der Waals surface area contributed by atoms with E-state index in [4.69, 9.17) is 0 Å². The first kappa shape index (κ1) is 10.4. The van der Waals surface area contributed by atoms with Crippen molar-refractivity contribution in [3.8, 4) is 11.4 Å². The lowest BCUT2D eigenvalue weighted by atomic mass is 10.2. The first-order valence-electron chi connectivity index (χ1n) is 4.06. The maximum absolute atomic E-state index is 12.3. The monoisotopic (exact) mass is 231 g/mol. The van der Waals surface area contributed by atoms with Gasteiger partial charge in [-0.3, -0.25) is 14.5 Å². The molecule has 0 saturated heterocycles. The largest absolute Gasteiger partial charge is 0.439 e. The van der Waals surface area contributed by atoms with E-state index in [1.807, 2.05) is 0 Å². The molecule has 0 amide bonds. The predicted octanol–water partition coefficient (Wildman–Crippen LogP) is 1.44. The maximum Gasteiger partial charge on any atom is 0.439 e. The number of nitrogens with one attached hydrogen (secondary N) is 1. The van der Waals surface area contributed by atoms with Crippen molar-refractivity contribution in [1.82, 2.24) is 15.1 Å². The fourth-order valence-corrected chi connectivity index (χ4v) is 1.09. The number of rotatable bonds is 1. The summed E-state index contributed by atoms with van der Waals surface area (Å²) in [5, 5.41) is 3.27. The predicted molar refractivity (Wildman–Crippen MR) is 45.4 cm³/mol. The molecule has 0 spiro atoms. The maximum atomic E-state index is 12.3. The topological polar surface area (TPSA) is 71.8 Å². The molecule has 0 aliphatic heterocycles. The molecule has 0 aromatic carbocycles. The molecule has 1 N–H and O–H groups in total. The van der Waals surface area contributed by atoms with Crippen LogP contribution in [0.1, 0.15) is 5.69 Å². The number of hydrogen-bond acceptors (Lipinski definition) is 4. The minimum absolute atomic E-state index is 0.0714. The molecule has 5 nitrogen and oxygen atoms in total. The average molecular weight is 231 g/mol. The summed E-state index contributed by atoms with van der Waals surface area (Å²) in [6.07, 6.45) is -3.56. The molecule has 0 aliphatic rings. The Morgan fingerprint density at radius 3 is 2.69 bits per heavy atom. The van der Waals surface area contributed by atoms with Crippen LogP contribution in [0, 0.1) is 0 Å². The molecular formula is C8H4F3N3O2. The minimum atomic E-state index is -4.54. The molecule has 16 heavy (non-hydrogen) atoms. The SMILES string of the molecule is O=c1[nH]c(-c2ccnc(C(F)(F)F)c2)no1. The third-order valence-electron chi connectivity index (χ3n) is 1.76. The van der Waals surface area contributed by atoms with Crippen molar-refractivity contribution in [2.45, 2.75) is 6.18 Å². The number of halogens is 3. The second-order valence-electron chi connectivity index (χ2n) is 2.87. The quantitative estimate of drug-likeness (QED) is 0.806. The lowest BCUT2D eigenvalue weighted by Gasteiger charge is -2.05. The van der Waals surface area contributed by atoms with Gasteiger partial charge in [0.15, 0.2) is 5.82 Å². The molecule has 0 saturated carbocycles. The summed E-state index contributed by atoms with van der Waals surface area (Å²) in [4.78, 5) is 15.9. The van der Waals surface area contributed by atoms with E-state index in [-0.39, 0.29) is 11.4 Å². The highest BCUT2D eigenvalue weighted by atomic mass is 19.4. The van der Waals surface area contributed by atoms with Gasteiger partial charge in [0, 0.05) is 11.8 Å². The van der Waals surface area contributed by atoms with Crippen LogP contribution in [0.25, 0.3) is 11.4 Å². The highest BCUT2D eigenvalue weighted by molar-refractivity contribution is 5.53. The zero-order valence-electron chi connectivity index (χ0n) is 7.58. The van der Waals surface area contributed by atoms with E-state index in [0.717, 1.165) is 12.3 Å². The highest BCUT2D eigenvalue weighted by Gasteiger charge is 2.32. The number of aromatic nitrogens is 3. The summed E-state index contributed by atoms with van der Waals surface area (Å²) in [5.41, 5.74) is -0.984. The number of nitrogens with zero attached hydrogens (tertiary/aromatic N) is 2. The molecule has 0 atom stereocenters. The Bertz CT molecular complexity index is 558. The Morgan fingerprint density at radius 1 is 1.38 bits per heavy atom. The molecule has 0 bridgehead atoms. The van der Waals surface area contributed by atoms with E-state index >= 15 is 0 Å². The fraction of sp³-hybridized carbons (Fsp3) is 0.125. The number of H-pyrrole nitrogens is 1. The number of aromatic amines is 1. The second kappa shape index (κ2) is 3.47. The third-order valence-corrected chi connectivity index (χ3v) is 1.76. The van der Waals surface area contributed by atoms with Gasteiger partial charge in [-0.15, -0.1) is 0 Å². The van der Waals surface area contributed by atoms with Crippen LogP contribution in [0.3, 0.4) is 0 Å². The molecule has 2 heterocycles. The van der Waals surface area contributed by atoms with Crippen LogP contribution >= 0.6 is 0 Å². The minimum Gasteiger partial charge on any atom is -0.296 e. The molecule has 8 heteroatoms. The van der Waals surface area contributed by atoms with Gasteiger partial charge in [0.25, 0.3) is 0 Å². The van der Waals surface area contributed by atoms with Crippen molar-refractivity contribution >= 4 is 0 Å². The third kappa shape index (κ3) is 1.95. The molecule has 0 fully saturated rings. The van der Waals surface area contributed by atoms with E-state index in [2.05, 4.69) is 19.6 Å². The van der Waals surface area contributed by atoms with Crippen molar-refractivity contribution in [1.29, 1.82) is 0 Å². The van der Waals surface area contributed by atoms with Gasteiger partial charge in [0.2, 0.25) is 0 Å². The highest BCUT2D eigenvalue weighted by Crippen LogP contribution is 2.29. The van der Waals surface area contributed by atoms with Crippen molar-refractivity contribution in [3.05, 3.63) is 34.6 Å². The van der Waals surface area contributed by atoms with E-state index in [0.29, 0.717) is 0 Å². The van der Waals surface area contributed by atoms with Crippen LogP contribution in [0.4, 0.5) is 13.2 Å². The zero-order chi connectivity index (χ0) is 11.8. The van der Waals surface area contributed by atoms with Gasteiger partial charge in [-0.1, -0.05) is 5.16 Å². The number of alkyl halides is 3. The summed E-state index contributed by atoms with van der Waals surface area (Å²) >= 11 is 0. The molecule has 0 aliphatic carbocycles. The Kier molecular flexibility index (Phi) is 2.26. The Balaban J connectivity index is 2.48. The molecule has 0 radical (unpaired) electrons. The lowest BCUT2D eigenvalue weighted by Crippen LogP contribution is -2.07. The van der Waals surface area contributed by atoms with Crippen LogP contribution in [0.15, 0.2) is 27.6 Å². The summed E-state index contributed by atoms with van der Waals surface area (Å²) in [5.74, 6) is -0.904. The molecular weight excluding hydrogens is 227 g/mol. The first-order chi connectivity index (χ1) is 7.47. The molecule has 84 valence electrons. The van der Waals surface area contributed by atoms with Crippen LogP contribution in [-0.4, -0.2) is 15.1 Å². The van der Waals surface area contributed by atoms with Crippen molar-refractivity contribution in [2.75, 3.05) is 0 Å². The summed E-state index contributed by atoms with van der Waals surface area (Å²) in [6.45, 7) is 0. The normalized spacial score (nSPS) is 11.7. The van der Waals surface area contributed by atoms with E-state index in [1.54, 1.807) is 0 Å². The van der Waals surface area contributed by atoms with Crippen molar-refractivity contribution < 1.29 is 17.7 Å². The Labute approximate surface area is 85.9 Å². The number of hydrogen-bond donors (Lipinski definition) is 1. The van der Waals surface area contributed by atoms with Gasteiger partial charge in [0.05, 0.1) is 0 Å². The lowest BCUT2D eigenvalue weighted by molar-refractivity contribution is -0.141. The van der Waals surface area contributed by atoms with Crippen molar-refractivity contribution in [3.63, 3.8) is 0 Å².